The van der Waals surface area contributed by atoms with Crippen molar-refractivity contribution in [3.05, 3.63) is 24.0 Å². The first-order valence-electron chi connectivity index (χ1n) is 7.00. The molecule has 1 aromatic carbocycles. The Labute approximate surface area is 123 Å². The second-order valence-electron chi connectivity index (χ2n) is 5.13. The number of hydrogen-bond donors (Lipinski definition) is 1. The molecule has 21 heavy (non-hydrogen) atoms. The molecule has 2 N–H and O–H groups in total. The van der Waals surface area contributed by atoms with Crippen molar-refractivity contribution in [1.82, 2.24) is 20.2 Å². The van der Waals surface area contributed by atoms with E-state index in [2.05, 4.69) is 15.5 Å². The van der Waals surface area contributed by atoms with Gasteiger partial charge in [-0.1, -0.05) is 0 Å². The molecule has 0 bridgehead atoms. The van der Waals surface area contributed by atoms with Gasteiger partial charge in [0.25, 0.3) is 0 Å². The van der Waals surface area contributed by atoms with E-state index in [0.29, 0.717) is 30.2 Å². The number of nitrogens with zero attached hydrogens (tertiary/aromatic N) is 4. The van der Waals surface area contributed by atoms with Crippen LogP contribution < -0.4 is 5.73 Å². The normalized spacial score (nSPS) is 11.2. The van der Waals surface area contributed by atoms with E-state index >= 15 is 0 Å². The molecule has 0 amide bonds. The van der Waals surface area contributed by atoms with Gasteiger partial charge < -0.3 is 10.5 Å². The number of tetrazole rings is 1. The predicted molar refractivity (Wildman–Crippen MR) is 77.9 cm³/mol. The summed E-state index contributed by atoms with van der Waals surface area (Å²) < 4.78 is 20.5. The summed E-state index contributed by atoms with van der Waals surface area (Å²) in [6.07, 6.45) is 2.04. The molecule has 2 rings (SSSR count). The zero-order valence-electron chi connectivity index (χ0n) is 12.3. The summed E-state index contributed by atoms with van der Waals surface area (Å²) >= 11 is 0. The van der Waals surface area contributed by atoms with Crippen LogP contribution >= 0.6 is 0 Å². The molecule has 0 saturated carbocycles. The summed E-state index contributed by atoms with van der Waals surface area (Å²) in [5.41, 5.74) is 6.58. The van der Waals surface area contributed by atoms with Crippen LogP contribution in [-0.4, -0.2) is 32.9 Å². The number of aromatic nitrogens is 4. The van der Waals surface area contributed by atoms with Crippen LogP contribution in [0.25, 0.3) is 11.4 Å². The zero-order valence-corrected chi connectivity index (χ0v) is 12.3. The number of ether oxygens (including phenoxy) is 1. The van der Waals surface area contributed by atoms with Crippen molar-refractivity contribution in [3.63, 3.8) is 0 Å². The van der Waals surface area contributed by atoms with E-state index in [-0.39, 0.29) is 6.10 Å². The highest BCUT2D eigenvalue weighted by Crippen LogP contribution is 2.20. The van der Waals surface area contributed by atoms with E-state index in [0.717, 1.165) is 12.8 Å². The highest BCUT2D eigenvalue weighted by molar-refractivity contribution is 5.61. The largest absolute Gasteiger partial charge is 0.399 e. The molecule has 2 aromatic rings. The van der Waals surface area contributed by atoms with Crippen molar-refractivity contribution in [2.45, 2.75) is 39.3 Å². The number of rotatable bonds is 7. The topological polar surface area (TPSA) is 78.8 Å². The Morgan fingerprint density at radius 1 is 1.29 bits per heavy atom. The number of anilines is 1. The van der Waals surface area contributed by atoms with E-state index in [1.165, 1.54) is 12.1 Å². The summed E-state index contributed by atoms with van der Waals surface area (Å²) in [4.78, 5) is 0. The van der Waals surface area contributed by atoms with Crippen molar-refractivity contribution in [1.29, 1.82) is 0 Å². The molecular weight excluding hydrogens is 273 g/mol. The molecule has 7 heteroatoms. The summed E-state index contributed by atoms with van der Waals surface area (Å²) in [5.74, 6) is 0.121. The lowest BCUT2D eigenvalue weighted by molar-refractivity contribution is 0.0753. The third kappa shape index (κ3) is 4.49. The van der Waals surface area contributed by atoms with E-state index in [1.54, 1.807) is 10.7 Å². The van der Waals surface area contributed by atoms with Gasteiger partial charge in [0, 0.05) is 24.4 Å². The number of hydrogen-bond acceptors (Lipinski definition) is 5. The Balaban J connectivity index is 1.98. The average molecular weight is 293 g/mol. The zero-order chi connectivity index (χ0) is 15.2. The molecule has 0 radical (unpaired) electrons. The molecular formula is C14H20FN5O. The molecule has 0 aliphatic heterocycles. The summed E-state index contributed by atoms with van der Waals surface area (Å²) in [7, 11) is 0. The lowest BCUT2D eigenvalue weighted by Crippen LogP contribution is -2.07. The molecule has 0 aliphatic rings. The van der Waals surface area contributed by atoms with Crippen molar-refractivity contribution in [3.8, 4) is 11.4 Å². The number of aryl methyl sites for hydroxylation is 1. The van der Waals surface area contributed by atoms with E-state index < -0.39 is 5.82 Å². The van der Waals surface area contributed by atoms with E-state index in [1.807, 2.05) is 13.8 Å². The van der Waals surface area contributed by atoms with Gasteiger partial charge in [-0.05, 0) is 55.3 Å². The van der Waals surface area contributed by atoms with Gasteiger partial charge in [-0.25, -0.2) is 9.07 Å². The summed E-state index contributed by atoms with van der Waals surface area (Å²) in [6.45, 7) is 5.38. The van der Waals surface area contributed by atoms with Gasteiger partial charge in [0.2, 0.25) is 0 Å². The van der Waals surface area contributed by atoms with Crippen LogP contribution in [0.15, 0.2) is 18.2 Å². The fourth-order valence-electron chi connectivity index (χ4n) is 1.99. The van der Waals surface area contributed by atoms with Gasteiger partial charge in [-0.3, -0.25) is 0 Å². The molecule has 6 nitrogen and oxygen atoms in total. The van der Waals surface area contributed by atoms with Crippen LogP contribution in [-0.2, 0) is 11.3 Å². The Morgan fingerprint density at radius 2 is 2.10 bits per heavy atom. The van der Waals surface area contributed by atoms with Gasteiger partial charge in [-0.15, -0.1) is 5.10 Å². The van der Waals surface area contributed by atoms with Crippen LogP contribution in [0, 0.1) is 5.82 Å². The Bertz CT molecular complexity index is 564. The predicted octanol–water partition coefficient (Wildman–Crippen LogP) is 2.27. The molecule has 1 aromatic heterocycles. The van der Waals surface area contributed by atoms with Crippen LogP contribution in [0.4, 0.5) is 10.1 Å². The monoisotopic (exact) mass is 293 g/mol. The number of nitrogens with two attached hydrogens (primary N) is 1. The van der Waals surface area contributed by atoms with Gasteiger partial charge in [-0.2, -0.15) is 0 Å². The van der Waals surface area contributed by atoms with Crippen LogP contribution in [0.1, 0.15) is 26.7 Å². The Morgan fingerprint density at radius 3 is 2.81 bits per heavy atom. The van der Waals surface area contributed by atoms with Crippen molar-refractivity contribution in [2.75, 3.05) is 12.3 Å². The molecule has 1 heterocycles. The Hall–Kier alpha value is -2.02. The third-order valence-corrected chi connectivity index (χ3v) is 2.93. The maximum absolute atomic E-state index is 13.4. The number of halogens is 1. The first-order valence-corrected chi connectivity index (χ1v) is 7.00. The van der Waals surface area contributed by atoms with E-state index in [4.69, 9.17) is 10.5 Å². The van der Waals surface area contributed by atoms with Crippen LogP contribution in [0.2, 0.25) is 0 Å². The SMILES string of the molecule is CC(C)OCCCCn1nnnc1-c1cc(N)cc(F)c1. The van der Waals surface area contributed by atoms with Gasteiger partial charge in [0.15, 0.2) is 5.82 Å². The number of benzene rings is 1. The number of nitrogen functional groups attached to an aromatic ring is 1. The fourth-order valence-corrected chi connectivity index (χ4v) is 1.99. The molecule has 0 spiro atoms. The smallest absolute Gasteiger partial charge is 0.182 e. The van der Waals surface area contributed by atoms with Crippen LogP contribution in [0.5, 0.6) is 0 Å². The minimum Gasteiger partial charge on any atom is -0.399 e. The minimum absolute atomic E-state index is 0.240. The van der Waals surface area contributed by atoms with Gasteiger partial charge in [0.1, 0.15) is 5.82 Å². The Kier molecular flexibility index (Phi) is 5.21. The third-order valence-electron chi connectivity index (χ3n) is 2.93. The summed E-state index contributed by atoms with van der Waals surface area (Å²) in [5, 5.41) is 11.5. The first kappa shape index (κ1) is 15.4. The highest BCUT2D eigenvalue weighted by atomic mass is 19.1. The molecule has 0 saturated heterocycles. The van der Waals surface area contributed by atoms with Crippen molar-refractivity contribution in [2.24, 2.45) is 0 Å². The fraction of sp³-hybridized carbons (Fsp3) is 0.500. The van der Waals surface area contributed by atoms with Crippen molar-refractivity contribution >= 4 is 5.69 Å². The van der Waals surface area contributed by atoms with E-state index in [9.17, 15) is 4.39 Å². The maximum atomic E-state index is 13.4. The molecule has 0 atom stereocenters. The number of unbranched alkanes of at least 4 members (excludes halogenated alkanes) is 1. The van der Waals surface area contributed by atoms with Crippen molar-refractivity contribution < 1.29 is 9.13 Å². The average Bonchev–Trinajstić information content (AvgIpc) is 2.85. The molecule has 114 valence electrons. The van der Waals surface area contributed by atoms with Gasteiger partial charge >= 0.3 is 0 Å². The molecule has 0 unspecified atom stereocenters. The second kappa shape index (κ2) is 7.12. The first-order chi connectivity index (χ1) is 10.1. The second-order valence-corrected chi connectivity index (χ2v) is 5.13. The lowest BCUT2D eigenvalue weighted by atomic mass is 10.2. The highest BCUT2D eigenvalue weighted by Gasteiger charge is 2.10. The summed E-state index contributed by atoms with van der Waals surface area (Å²) in [6, 6.07) is 4.30. The molecule has 0 fully saturated rings. The van der Waals surface area contributed by atoms with Gasteiger partial charge in [0.05, 0.1) is 6.10 Å². The maximum Gasteiger partial charge on any atom is 0.182 e. The molecule has 0 aliphatic carbocycles. The minimum atomic E-state index is -0.398. The quantitative estimate of drug-likeness (QED) is 0.626. The lowest BCUT2D eigenvalue weighted by Gasteiger charge is -2.08. The standard InChI is InChI=1S/C14H20FN5O/c1-10(2)21-6-4-3-5-20-14(17-18-19-20)11-7-12(15)9-13(16)8-11/h7-10H,3-6,16H2,1-2H3. The van der Waals surface area contributed by atoms with Crippen LogP contribution in [0.3, 0.4) is 0 Å².